The standard InChI is InChI=1S/C27H26N2O5S/c1-18(2)26(27(30)31)29(35(32)33)22-11-7-19(8-12-22)20-9-13-23(14-10-20)34-17-21-15-16-28-25-6-4-3-5-24(21)25/h3-16,18,26H,17H2,1-2H3,(H,30,31)(H,32,33)/p-1. The van der Waals surface area contributed by atoms with Crippen molar-refractivity contribution in [2.45, 2.75) is 26.5 Å². The number of carboxylic acids is 1. The van der Waals surface area contributed by atoms with Crippen LogP contribution < -0.4 is 9.04 Å². The maximum Gasteiger partial charge on any atom is 0.327 e. The lowest BCUT2D eigenvalue weighted by molar-refractivity contribution is -0.139. The summed E-state index contributed by atoms with van der Waals surface area (Å²) in [5.74, 6) is -0.869. The highest BCUT2D eigenvalue weighted by Gasteiger charge is 2.30. The molecule has 0 aliphatic carbocycles. The largest absolute Gasteiger partial charge is 0.755 e. The van der Waals surface area contributed by atoms with Gasteiger partial charge in [0.1, 0.15) is 18.4 Å². The molecule has 3 aromatic carbocycles. The topological polar surface area (TPSA) is 103 Å². The summed E-state index contributed by atoms with van der Waals surface area (Å²) in [5, 5.41) is 10.6. The van der Waals surface area contributed by atoms with Crippen molar-refractivity contribution in [3.63, 3.8) is 0 Å². The summed E-state index contributed by atoms with van der Waals surface area (Å²) in [5.41, 5.74) is 4.07. The Morgan fingerprint density at radius 2 is 1.63 bits per heavy atom. The Hall–Kier alpha value is -3.75. The number of carbonyl (C=O) groups is 1. The highest BCUT2D eigenvalue weighted by atomic mass is 32.2. The Morgan fingerprint density at radius 3 is 2.23 bits per heavy atom. The van der Waals surface area contributed by atoms with Gasteiger partial charge in [-0.25, -0.2) is 4.79 Å². The predicted molar refractivity (Wildman–Crippen MR) is 136 cm³/mol. The molecule has 0 amide bonds. The minimum atomic E-state index is -2.73. The van der Waals surface area contributed by atoms with Crippen molar-refractivity contribution in [3.8, 4) is 16.9 Å². The first-order valence-corrected chi connectivity index (χ1v) is 12.2. The van der Waals surface area contributed by atoms with E-state index in [1.54, 1.807) is 44.3 Å². The van der Waals surface area contributed by atoms with Crippen molar-refractivity contribution in [2.75, 3.05) is 4.31 Å². The van der Waals surface area contributed by atoms with Crippen LogP contribution in [0.5, 0.6) is 5.75 Å². The van der Waals surface area contributed by atoms with Gasteiger partial charge >= 0.3 is 5.97 Å². The number of fused-ring (bicyclic) bond motifs is 1. The number of carboxylic acid groups (broad SMARTS) is 1. The fourth-order valence-electron chi connectivity index (χ4n) is 3.98. The molecule has 1 heterocycles. The molecule has 0 saturated heterocycles. The van der Waals surface area contributed by atoms with Crippen LogP contribution in [0.25, 0.3) is 22.0 Å². The first-order chi connectivity index (χ1) is 16.8. The number of nitrogens with zero attached hydrogens (tertiary/aromatic N) is 2. The molecular formula is C27H25N2O5S-. The van der Waals surface area contributed by atoms with Gasteiger partial charge in [0.15, 0.2) is 0 Å². The van der Waals surface area contributed by atoms with E-state index < -0.39 is 29.2 Å². The summed E-state index contributed by atoms with van der Waals surface area (Å²) < 4.78 is 30.5. The van der Waals surface area contributed by atoms with Crippen molar-refractivity contribution in [3.05, 3.63) is 90.6 Å². The number of hydrogen-bond acceptors (Lipinski definition) is 5. The maximum atomic E-state index is 11.8. The van der Waals surface area contributed by atoms with Gasteiger partial charge in [0.05, 0.1) is 5.52 Å². The number of benzene rings is 3. The van der Waals surface area contributed by atoms with Gasteiger partial charge in [0.2, 0.25) is 0 Å². The van der Waals surface area contributed by atoms with E-state index >= 15 is 0 Å². The maximum absolute atomic E-state index is 11.8. The van der Waals surface area contributed by atoms with Gasteiger partial charge in [0.25, 0.3) is 0 Å². The summed E-state index contributed by atoms with van der Waals surface area (Å²) in [6.45, 7) is 3.77. The fourth-order valence-corrected chi connectivity index (χ4v) is 4.79. The van der Waals surface area contributed by atoms with Crippen LogP contribution in [-0.2, 0) is 22.7 Å². The molecule has 8 heteroatoms. The van der Waals surface area contributed by atoms with Gasteiger partial charge in [-0.3, -0.25) is 13.5 Å². The second-order valence-electron chi connectivity index (χ2n) is 8.42. The normalized spacial score (nSPS) is 12.9. The van der Waals surface area contributed by atoms with E-state index in [2.05, 4.69) is 4.98 Å². The number of para-hydroxylation sites is 1. The molecule has 180 valence electrons. The Balaban J connectivity index is 1.48. The van der Waals surface area contributed by atoms with Gasteiger partial charge < -0.3 is 14.4 Å². The summed E-state index contributed by atoms with van der Waals surface area (Å²) in [4.78, 5) is 16.0. The molecule has 1 aromatic heterocycles. The Kier molecular flexibility index (Phi) is 7.43. The summed E-state index contributed by atoms with van der Waals surface area (Å²) in [6.07, 6.45) is 1.77. The van der Waals surface area contributed by atoms with Crippen LogP contribution in [0.1, 0.15) is 19.4 Å². The van der Waals surface area contributed by atoms with Crippen molar-refractivity contribution < 1.29 is 23.4 Å². The lowest BCUT2D eigenvalue weighted by Gasteiger charge is -2.34. The van der Waals surface area contributed by atoms with E-state index in [1.807, 2.05) is 54.6 Å². The number of rotatable bonds is 9. The molecule has 0 saturated carbocycles. The quantitative estimate of drug-likeness (QED) is 0.325. The molecule has 7 nitrogen and oxygen atoms in total. The third-order valence-corrected chi connectivity index (χ3v) is 6.50. The second kappa shape index (κ2) is 10.7. The van der Waals surface area contributed by atoms with Crippen LogP contribution in [0.15, 0.2) is 85.1 Å². The van der Waals surface area contributed by atoms with Crippen molar-refractivity contribution in [1.82, 2.24) is 4.98 Å². The van der Waals surface area contributed by atoms with E-state index in [-0.39, 0.29) is 0 Å². The van der Waals surface area contributed by atoms with Crippen molar-refractivity contribution in [2.24, 2.45) is 5.92 Å². The lowest BCUT2D eigenvalue weighted by atomic mass is 10.0. The fraction of sp³-hybridized carbons (Fsp3) is 0.185. The first-order valence-electron chi connectivity index (χ1n) is 11.1. The minimum Gasteiger partial charge on any atom is -0.755 e. The van der Waals surface area contributed by atoms with E-state index in [1.165, 1.54) is 0 Å². The molecule has 2 atom stereocenters. The zero-order valence-electron chi connectivity index (χ0n) is 19.3. The van der Waals surface area contributed by atoms with Crippen LogP contribution in [-0.4, -0.2) is 30.9 Å². The highest BCUT2D eigenvalue weighted by Crippen LogP contribution is 2.28. The van der Waals surface area contributed by atoms with Crippen LogP contribution in [0.3, 0.4) is 0 Å². The molecule has 35 heavy (non-hydrogen) atoms. The predicted octanol–water partition coefficient (Wildman–Crippen LogP) is 5.19. The Bertz CT molecular complexity index is 1330. The van der Waals surface area contributed by atoms with Crippen molar-refractivity contribution in [1.29, 1.82) is 0 Å². The van der Waals surface area contributed by atoms with Gasteiger partial charge in [-0.15, -0.1) is 0 Å². The minimum absolute atomic E-state index is 0.299. The zero-order valence-corrected chi connectivity index (χ0v) is 20.1. The molecule has 0 aliphatic heterocycles. The van der Waals surface area contributed by atoms with Crippen LogP contribution in [0.4, 0.5) is 5.69 Å². The van der Waals surface area contributed by atoms with E-state index in [0.717, 1.165) is 37.6 Å². The van der Waals surface area contributed by atoms with Gasteiger partial charge in [0, 0.05) is 34.1 Å². The number of ether oxygens (including phenoxy) is 1. The number of aliphatic carboxylic acids is 1. The smallest absolute Gasteiger partial charge is 0.327 e. The Labute approximate surface area is 206 Å². The van der Waals surface area contributed by atoms with Crippen LogP contribution >= 0.6 is 0 Å². The van der Waals surface area contributed by atoms with E-state index in [9.17, 15) is 18.7 Å². The summed E-state index contributed by atoms with van der Waals surface area (Å²) >= 11 is -2.73. The second-order valence-corrected chi connectivity index (χ2v) is 9.24. The van der Waals surface area contributed by atoms with Gasteiger partial charge in [-0.05, 0) is 53.4 Å². The summed E-state index contributed by atoms with van der Waals surface area (Å²) in [6, 6.07) is 23.1. The molecule has 0 radical (unpaired) electrons. The SMILES string of the molecule is CC(C)C(C(=O)O)N(c1ccc(-c2ccc(OCc3ccnc4ccccc34)cc2)cc1)S(=O)[O-]. The third kappa shape index (κ3) is 5.50. The van der Waals surface area contributed by atoms with Crippen molar-refractivity contribution >= 4 is 33.8 Å². The van der Waals surface area contributed by atoms with Gasteiger partial charge in [-0.2, -0.15) is 0 Å². The number of hydrogen-bond donors (Lipinski definition) is 1. The molecule has 1 N–H and O–H groups in total. The number of aromatic nitrogens is 1. The zero-order chi connectivity index (χ0) is 24.9. The average molecular weight is 490 g/mol. The molecule has 0 spiro atoms. The lowest BCUT2D eigenvalue weighted by Crippen LogP contribution is -2.45. The van der Waals surface area contributed by atoms with E-state index in [4.69, 9.17) is 4.74 Å². The third-order valence-electron chi connectivity index (χ3n) is 5.74. The molecule has 2 unspecified atom stereocenters. The van der Waals surface area contributed by atoms with Crippen LogP contribution in [0, 0.1) is 5.92 Å². The molecule has 4 rings (SSSR count). The Morgan fingerprint density at radius 1 is 1.00 bits per heavy atom. The van der Waals surface area contributed by atoms with Gasteiger partial charge in [-0.1, -0.05) is 56.3 Å². The average Bonchev–Trinajstić information content (AvgIpc) is 2.85. The first kappa shape index (κ1) is 24.4. The molecule has 0 aliphatic rings. The highest BCUT2D eigenvalue weighted by molar-refractivity contribution is 7.80. The molecular weight excluding hydrogens is 464 g/mol. The molecule has 4 aromatic rings. The van der Waals surface area contributed by atoms with E-state index in [0.29, 0.717) is 12.3 Å². The number of pyridine rings is 1. The molecule has 0 bridgehead atoms. The molecule has 0 fully saturated rings. The summed E-state index contributed by atoms with van der Waals surface area (Å²) in [7, 11) is 0. The van der Waals surface area contributed by atoms with Crippen LogP contribution in [0.2, 0.25) is 0 Å². The number of anilines is 1. The monoisotopic (exact) mass is 489 g/mol.